The van der Waals surface area contributed by atoms with E-state index < -0.39 is 0 Å². The molecule has 0 atom stereocenters. The van der Waals surface area contributed by atoms with E-state index in [1.54, 1.807) is 0 Å². The zero-order valence-corrected chi connectivity index (χ0v) is 8.56. The van der Waals surface area contributed by atoms with Crippen molar-refractivity contribution < 1.29 is 0 Å². The first-order valence-electron chi connectivity index (χ1n) is 2.16. The standard InChI is InChI=1S/C6H5Si.3ClH/c7-6-4-2-1-3-5-6;;;/h1-5H;3*1H. The highest BCUT2D eigenvalue weighted by Crippen LogP contribution is 1.76. The van der Waals surface area contributed by atoms with Crippen LogP contribution in [0.5, 0.6) is 0 Å². The summed E-state index contributed by atoms with van der Waals surface area (Å²) in [5.41, 5.74) is 0. The summed E-state index contributed by atoms with van der Waals surface area (Å²) < 4.78 is 0. The van der Waals surface area contributed by atoms with E-state index in [0.717, 1.165) is 5.19 Å². The van der Waals surface area contributed by atoms with Gasteiger partial charge in [0.05, 0.1) is 10.2 Å². The van der Waals surface area contributed by atoms with Crippen molar-refractivity contribution >= 4 is 52.7 Å². The van der Waals surface area contributed by atoms with Crippen LogP contribution in [-0.2, 0) is 0 Å². The zero-order valence-electron chi connectivity index (χ0n) is 5.11. The van der Waals surface area contributed by atoms with Crippen LogP contribution in [0.2, 0.25) is 0 Å². The fraction of sp³-hybridized carbons (Fsp3) is 0. The van der Waals surface area contributed by atoms with Gasteiger partial charge in [-0.15, -0.1) is 37.2 Å². The van der Waals surface area contributed by atoms with Gasteiger partial charge in [-0.05, 0) is 0 Å². The molecule has 10 heavy (non-hydrogen) atoms. The molecule has 57 valence electrons. The van der Waals surface area contributed by atoms with Gasteiger partial charge >= 0.3 is 0 Å². The summed E-state index contributed by atoms with van der Waals surface area (Å²) in [5.74, 6) is 0. The molecule has 1 rings (SSSR count). The molecule has 0 N–H and O–H groups in total. The Morgan fingerprint density at radius 1 is 0.800 bits per heavy atom. The summed E-state index contributed by atoms with van der Waals surface area (Å²) >= 11 is 0. The van der Waals surface area contributed by atoms with Gasteiger partial charge in [0.15, 0.2) is 0 Å². The minimum atomic E-state index is 0. The summed E-state index contributed by atoms with van der Waals surface area (Å²) in [6, 6.07) is 9.96. The maximum absolute atomic E-state index is 3.36. The van der Waals surface area contributed by atoms with Gasteiger partial charge < -0.3 is 0 Å². The van der Waals surface area contributed by atoms with Gasteiger partial charge in [0.1, 0.15) is 0 Å². The van der Waals surface area contributed by atoms with Gasteiger partial charge in [0, 0.05) is 0 Å². The Morgan fingerprint density at radius 3 is 1.40 bits per heavy atom. The molecule has 0 saturated heterocycles. The van der Waals surface area contributed by atoms with Crippen LogP contribution < -0.4 is 5.19 Å². The molecule has 0 unspecified atom stereocenters. The second-order valence-electron chi connectivity index (χ2n) is 1.37. The number of rotatable bonds is 0. The molecule has 0 aliphatic rings. The van der Waals surface area contributed by atoms with E-state index in [0.29, 0.717) is 0 Å². The maximum atomic E-state index is 3.36. The van der Waals surface area contributed by atoms with Crippen LogP contribution in [0.1, 0.15) is 0 Å². The van der Waals surface area contributed by atoms with Crippen LogP contribution in [0, 0.1) is 0 Å². The number of hydrogen-bond donors (Lipinski definition) is 0. The molecule has 4 heteroatoms. The van der Waals surface area contributed by atoms with E-state index in [1.165, 1.54) is 0 Å². The van der Waals surface area contributed by atoms with Gasteiger partial charge in [-0.3, -0.25) is 0 Å². The summed E-state index contributed by atoms with van der Waals surface area (Å²) in [5, 5.41) is 1.13. The lowest BCUT2D eigenvalue weighted by Gasteiger charge is -1.82. The molecular formula is C6H8Cl3Si. The van der Waals surface area contributed by atoms with Crippen LogP contribution in [0.4, 0.5) is 0 Å². The maximum Gasteiger partial charge on any atom is 0.0711 e. The Labute approximate surface area is 83.1 Å². The van der Waals surface area contributed by atoms with Crippen molar-refractivity contribution in [1.29, 1.82) is 0 Å². The van der Waals surface area contributed by atoms with Gasteiger partial charge in [0.25, 0.3) is 0 Å². The second-order valence-corrected chi connectivity index (χ2v) is 1.94. The SMILES string of the molecule is Cl.Cl.Cl.[Si]c1ccccc1. The van der Waals surface area contributed by atoms with E-state index in [9.17, 15) is 0 Å². The lowest BCUT2D eigenvalue weighted by Crippen LogP contribution is -1.97. The molecule has 0 spiro atoms. The Balaban J connectivity index is -0.000000163. The first-order chi connectivity index (χ1) is 3.39. The first kappa shape index (κ1) is 16.7. The summed E-state index contributed by atoms with van der Waals surface area (Å²) in [6.07, 6.45) is 0. The van der Waals surface area contributed by atoms with E-state index >= 15 is 0 Å². The lowest BCUT2D eigenvalue weighted by atomic mass is 10.4. The van der Waals surface area contributed by atoms with Gasteiger partial charge in [-0.2, -0.15) is 0 Å². The van der Waals surface area contributed by atoms with Crippen molar-refractivity contribution in [3.05, 3.63) is 30.3 Å². The van der Waals surface area contributed by atoms with Crippen molar-refractivity contribution in [1.82, 2.24) is 0 Å². The second kappa shape index (κ2) is 9.31. The Kier molecular flexibility index (Phi) is 15.6. The van der Waals surface area contributed by atoms with Crippen molar-refractivity contribution in [3.8, 4) is 0 Å². The normalized spacial score (nSPS) is 6.10. The van der Waals surface area contributed by atoms with Crippen LogP contribution >= 0.6 is 37.2 Å². The largest absolute Gasteiger partial charge is 0.147 e. The van der Waals surface area contributed by atoms with E-state index in [1.807, 2.05) is 30.3 Å². The summed E-state index contributed by atoms with van der Waals surface area (Å²) in [7, 11) is 3.36. The summed E-state index contributed by atoms with van der Waals surface area (Å²) in [4.78, 5) is 0. The predicted octanol–water partition coefficient (Wildman–Crippen LogP) is 1.75. The fourth-order valence-corrected chi connectivity index (χ4v) is 0.631. The predicted molar refractivity (Wildman–Crippen MR) is 53.6 cm³/mol. The Morgan fingerprint density at radius 2 is 1.20 bits per heavy atom. The average Bonchev–Trinajstić information content (AvgIpc) is 1.69. The van der Waals surface area contributed by atoms with Gasteiger partial charge in [0.2, 0.25) is 0 Å². The molecule has 0 amide bonds. The number of halogens is 3. The van der Waals surface area contributed by atoms with Crippen LogP contribution in [0.15, 0.2) is 30.3 Å². The van der Waals surface area contributed by atoms with Crippen molar-refractivity contribution in [3.63, 3.8) is 0 Å². The highest BCUT2D eigenvalue weighted by molar-refractivity contribution is 6.32. The number of hydrogen-bond acceptors (Lipinski definition) is 0. The highest BCUT2D eigenvalue weighted by atomic mass is 35.5. The van der Waals surface area contributed by atoms with Gasteiger partial charge in [-0.25, -0.2) is 0 Å². The van der Waals surface area contributed by atoms with E-state index in [-0.39, 0.29) is 37.2 Å². The smallest absolute Gasteiger partial charge is 0.0711 e. The molecule has 0 aliphatic carbocycles. The lowest BCUT2D eigenvalue weighted by molar-refractivity contribution is 1.78. The van der Waals surface area contributed by atoms with Crippen molar-refractivity contribution in [2.75, 3.05) is 0 Å². The molecule has 1 aromatic rings. The number of benzene rings is 1. The van der Waals surface area contributed by atoms with Gasteiger partial charge in [-0.1, -0.05) is 35.5 Å². The molecule has 0 bridgehead atoms. The zero-order chi connectivity index (χ0) is 5.11. The molecule has 0 aliphatic heterocycles. The highest BCUT2D eigenvalue weighted by Gasteiger charge is 1.72. The minimum absolute atomic E-state index is 0. The quantitative estimate of drug-likeness (QED) is 0.577. The van der Waals surface area contributed by atoms with E-state index in [4.69, 9.17) is 0 Å². The van der Waals surface area contributed by atoms with Crippen LogP contribution in [-0.4, -0.2) is 10.2 Å². The average molecular weight is 215 g/mol. The van der Waals surface area contributed by atoms with Crippen molar-refractivity contribution in [2.24, 2.45) is 0 Å². The molecule has 0 fully saturated rings. The topological polar surface area (TPSA) is 0 Å². The molecule has 1 aromatic carbocycles. The van der Waals surface area contributed by atoms with E-state index in [2.05, 4.69) is 10.2 Å². The third-order valence-corrected chi connectivity index (χ3v) is 1.11. The van der Waals surface area contributed by atoms with Crippen molar-refractivity contribution in [2.45, 2.75) is 0 Å². The fourth-order valence-electron chi connectivity index (χ4n) is 0.438. The van der Waals surface area contributed by atoms with Crippen LogP contribution in [0.3, 0.4) is 0 Å². The Bertz CT molecular complexity index is 143. The third kappa shape index (κ3) is 6.43. The first-order valence-corrected chi connectivity index (χ1v) is 2.66. The molecular weight excluding hydrogens is 207 g/mol. The van der Waals surface area contributed by atoms with Crippen LogP contribution in [0.25, 0.3) is 0 Å². The Hall–Kier alpha value is 0.307. The third-order valence-electron chi connectivity index (χ3n) is 0.774. The molecule has 0 aromatic heterocycles. The molecule has 0 heterocycles. The molecule has 0 saturated carbocycles. The molecule has 3 radical (unpaired) electrons. The monoisotopic (exact) mass is 213 g/mol. The summed E-state index contributed by atoms with van der Waals surface area (Å²) in [6.45, 7) is 0. The molecule has 0 nitrogen and oxygen atoms in total. The minimum Gasteiger partial charge on any atom is -0.147 e.